The number of ether oxygens (including phenoxy) is 1. The van der Waals surface area contributed by atoms with Crippen LogP contribution >= 0.6 is 11.6 Å². The molecule has 0 aliphatic carbocycles. The number of benzene rings is 2. The number of rotatable bonds is 3. The maximum atomic E-state index is 14.1. The van der Waals surface area contributed by atoms with Crippen LogP contribution in [0, 0.1) is 0 Å². The van der Waals surface area contributed by atoms with E-state index in [1.165, 1.54) is 7.11 Å². The number of nitrogens with zero attached hydrogens (tertiary/aromatic N) is 3. The Bertz CT molecular complexity index is 1230. The van der Waals surface area contributed by atoms with E-state index in [-0.39, 0.29) is 23.0 Å². The number of amides is 1. The van der Waals surface area contributed by atoms with Gasteiger partial charge in [-0.15, -0.1) is 0 Å². The number of hydrogen-bond acceptors (Lipinski definition) is 4. The van der Waals surface area contributed by atoms with Gasteiger partial charge in [0, 0.05) is 18.7 Å². The SMILES string of the molecule is COc1ccc([C@H]2C[C@@H](C(F)(F)F)n3nc(C(=O)N4CCCc5ccccc54)c(Cl)c3N2)cc1. The number of carbonyl (C=O) groups excluding carboxylic acids is 1. The summed E-state index contributed by atoms with van der Waals surface area (Å²) >= 11 is 6.52. The van der Waals surface area contributed by atoms with Crippen molar-refractivity contribution in [1.29, 1.82) is 0 Å². The monoisotopic (exact) mass is 490 g/mol. The number of para-hydroxylation sites is 1. The smallest absolute Gasteiger partial charge is 0.410 e. The molecule has 0 fully saturated rings. The summed E-state index contributed by atoms with van der Waals surface area (Å²) in [5.41, 5.74) is 2.20. The molecule has 1 amide bonds. The van der Waals surface area contributed by atoms with Gasteiger partial charge in [-0.3, -0.25) is 4.79 Å². The minimum Gasteiger partial charge on any atom is -0.497 e. The molecule has 2 aliphatic rings. The molecule has 0 spiro atoms. The first-order chi connectivity index (χ1) is 16.3. The van der Waals surface area contributed by atoms with E-state index < -0.39 is 24.2 Å². The van der Waals surface area contributed by atoms with Crippen LogP contribution in [0.25, 0.3) is 0 Å². The van der Waals surface area contributed by atoms with Crippen molar-refractivity contribution in [3.05, 3.63) is 70.4 Å². The fourth-order valence-corrected chi connectivity index (χ4v) is 4.91. The van der Waals surface area contributed by atoms with E-state index in [1.54, 1.807) is 29.2 Å². The summed E-state index contributed by atoms with van der Waals surface area (Å²) in [7, 11) is 1.52. The fourth-order valence-electron chi connectivity index (χ4n) is 4.65. The number of halogens is 4. The molecule has 2 atom stereocenters. The van der Waals surface area contributed by atoms with Gasteiger partial charge in [0.2, 0.25) is 0 Å². The molecule has 5 rings (SSSR count). The van der Waals surface area contributed by atoms with E-state index in [0.717, 1.165) is 28.8 Å². The largest absolute Gasteiger partial charge is 0.497 e. The average molecular weight is 491 g/mol. The van der Waals surface area contributed by atoms with Crippen LogP contribution in [0.15, 0.2) is 48.5 Å². The summed E-state index contributed by atoms with van der Waals surface area (Å²) in [6.45, 7) is 0.443. The number of anilines is 2. The summed E-state index contributed by atoms with van der Waals surface area (Å²) in [6, 6.07) is 11.7. The molecule has 0 unspecified atom stereocenters. The van der Waals surface area contributed by atoms with Gasteiger partial charge in [0.1, 0.15) is 16.6 Å². The maximum Gasteiger partial charge on any atom is 0.410 e. The summed E-state index contributed by atoms with van der Waals surface area (Å²) < 4.78 is 48.2. The highest BCUT2D eigenvalue weighted by Crippen LogP contribution is 2.46. The van der Waals surface area contributed by atoms with E-state index in [9.17, 15) is 18.0 Å². The zero-order valence-electron chi connectivity index (χ0n) is 18.3. The van der Waals surface area contributed by atoms with Gasteiger partial charge in [0.15, 0.2) is 11.7 Å². The summed E-state index contributed by atoms with van der Waals surface area (Å²) in [4.78, 5) is 15.0. The standard InChI is InChI=1S/C24H22ClF3N4O2/c1-34-16-10-8-14(9-11-16)17-13-19(24(26,27)28)32-22(29-17)20(25)21(30-32)23(33)31-12-4-6-15-5-2-3-7-18(15)31/h2-3,5,7-11,17,19,29H,4,6,12-13H2,1H3/t17-,19+/m1/s1. The van der Waals surface area contributed by atoms with Crippen LogP contribution in [0.4, 0.5) is 24.7 Å². The first-order valence-electron chi connectivity index (χ1n) is 10.9. The second kappa shape index (κ2) is 8.54. The van der Waals surface area contributed by atoms with Gasteiger partial charge in [0.25, 0.3) is 5.91 Å². The topological polar surface area (TPSA) is 59.4 Å². The van der Waals surface area contributed by atoms with Crippen molar-refractivity contribution in [2.24, 2.45) is 0 Å². The van der Waals surface area contributed by atoms with E-state index >= 15 is 0 Å². The Hall–Kier alpha value is -3.20. The number of carbonyl (C=O) groups is 1. The molecule has 34 heavy (non-hydrogen) atoms. The highest BCUT2D eigenvalue weighted by atomic mass is 35.5. The van der Waals surface area contributed by atoms with Crippen LogP contribution in [0.2, 0.25) is 5.02 Å². The number of methoxy groups -OCH3 is 1. The van der Waals surface area contributed by atoms with Crippen molar-refractivity contribution in [2.45, 2.75) is 37.5 Å². The number of nitrogens with one attached hydrogen (secondary N) is 1. The third kappa shape index (κ3) is 3.87. The summed E-state index contributed by atoms with van der Waals surface area (Å²) in [5, 5.41) is 7.06. The first-order valence-corrected chi connectivity index (χ1v) is 11.3. The van der Waals surface area contributed by atoms with E-state index in [0.29, 0.717) is 17.9 Å². The molecule has 6 nitrogen and oxygen atoms in total. The summed E-state index contributed by atoms with van der Waals surface area (Å²) in [6.07, 6.45) is -3.29. The Labute approximate surface area is 199 Å². The molecule has 3 aromatic rings. The van der Waals surface area contributed by atoms with Gasteiger partial charge < -0.3 is 15.0 Å². The van der Waals surface area contributed by atoms with Gasteiger partial charge in [0.05, 0.1) is 13.2 Å². The number of hydrogen-bond donors (Lipinski definition) is 1. The predicted octanol–water partition coefficient (Wildman–Crippen LogP) is 5.80. The number of alkyl halides is 3. The molecule has 10 heteroatoms. The zero-order chi connectivity index (χ0) is 24.0. The van der Waals surface area contributed by atoms with Crippen LogP contribution in [-0.2, 0) is 6.42 Å². The van der Waals surface area contributed by atoms with Crippen LogP contribution in [-0.4, -0.2) is 35.5 Å². The van der Waals surface area contributed by atoms with Crippen molar-refractivity contribution in [1.82, 2.24) is 9.78 Å². The average Bonchev–Trinajstić information content (AvgIpc) is 3.18. The third-order valence-corrected chi connectivity index (χ3v) is 6.73. The second-order valence-electron chi connectivity index (χ2n) is 8.41. The van der Waals surface area contributed by atoms with Crippen molar-refractivity contribution < 1.29 is 22.7 Å². The minimum absolute atomic E-state index is 0.00953. The zero-order valence-corrected chi connectivity index (χ0v) is 19.0. The van der Waals surface area contributed by atoms with Crippen molar-refractivity contribution in [2.75, 3.05) is 23.9 Å². The Balaban J connectivity index is 1.53. The van der Waals surface area contributed by atoms with Gasteiger partial charge in [-0.1, -0.05) is 41.9 Å². The molecule has 1 aromatic heterocycles. The quantitative estimate of drug-likeness (QED) is 0.504. The van der Waals surface area contributed by atoms with Gasteiger partial charge in [-0.05, 0) is 42.2 Å². The molecular weight excluding hydrogens is 469 g/mol. The normalized spacial score (nSPS) is 19.7. The van der Waals surface area contributed by atoms with Crippen LogP contribution in [0.3, 0.4) is 0 Å². The van der Waals surface area contributed by atoms with Crippen molar-refractivity contribution in [3.8, 4) is 5.75 Å². The minimum atomic E-state index is -4.57. The first kappa shape index (κ1) is 22.6. The van der Waals surface area contributed by atoms with Gasteiger partial charge >= 0.3 is 6.18 Å². The van der Waals surface area contributed by atoms with Crippen LogP contribution in [0.1, 0.15) is 46.5 Å². The number of aromatic nitrogens is 2. The predicted molar refractivity (Wildman–Crippen MR) is 123 cm³/mol. The number of aryl methyl sites for hydroxylation is 1. The molecule has 0 bridgehead atoms. The molecule has 3 heterocycles. The van der Waals surface area contributed by atoms with Crippen molar-refractivity contribution >= 4 is 29.0 Å². The lowest BCUT2D eigenvalue weighted by Gasteiger charge is -2.33. The molecule has 2 aromatic carbocycles. The Kier molecular flexibility index (Phi) is 5.67. The van der Waals surface area contributed by atoms with Gasteiger partial charge in [-0.2, -0.15) is 18.3 Å². The fraction of sp³-hybridized carbons (Fsp3) is 0.333. The summed E-state index contributed by atoms with van der Waals surface area (Å²) in [5.74, 6) is 0.0807. The lowest BCUT2D eigenvalue weighted by molar-refractivity contribution is -0.173. The Morgan fingerprint density at radius 1 is 1.18 bits per heavy atom. The van der Waals surface area contributed by atoms with Crippen LogP contribution in [0.5, 0.6) is 5.75 Å². The molecule has 1 N–H and O–H groups in total. The molecule has 0 saturated carbocycles. The van der Waals surface area contributed by atoms with E-state index in [1.807, 2.05) is 24.3 Å². The molecule has 0 saturated heterocycles. The van der Waals surface area contributed by atoms with Crippen LogP contribution < -0.4 is 15.0 Å². The molecule has 0 radical (unpaired) electrons. The molecule has 2 aliphatic heterocycles. The third-order valence-electron chi connectivity index (χ3n) is 6.37. The Morgan fingerprint density at radius 2 is 1.91 bits per heavy atom. The highest BCUT2D eigenvalue weighted by molar-refractivity contribution is 6.36. The molecular formula is C24H22ClF3N4O2. The lowest BCUT2D eigenvalue weighted by atomic mass is 9.97. The van der Waals surface area contributed by atoms with Crippen molar-refractivity contribution in [3.63, 3.8) is 0 Å². The van der Waals surface area contributed by atoms with E-state index in [4.69, 9.17) is 16.3 Å². The molecule has 178 valence electrons. The van der Waals surface area contributed by atoms with Gasteiger partial charge in [-0.25, -0.2) is 4.68 Å². The maximum absolute atomic E-state index is 14.1. The number of fused-ring (bicyclic) bond motifs is 2. The lowest BCUT2D eigenvalue weighted by Crippen LogP contribution is -2.37. The highest BCUT2D eigenvalue weighted by Gasteiger charge is 2.48. The van der Waals surface area contributed by atoms with E-state index in [2.05, 4.69) is 10.4 Å². The Morgan fingerprint density at radius 3 is 2.62 bits per heavy atom. The second-order valence-corrected chi connectivity index (χ2v) is 8.79.